The molecule has 36 heavy (non-hydrogen) atoms. The minimum Gasteiger partial charge on any atom is -0.308 e. The molecule has 0 spiro atoms. The third kappa shape index (κ3) is 5.16. The summed E-state index contributed by atoms with van der Waals surface area (Å²) in [6, 6.07) is 16.5. The Morgan fingerprint density at radius 1 is 1.03 bits per heavy atom. The van der Waals surface area contributed by atoms with Crippen LogP contribution in [-0.4, -0.2) is 41.6 Å². The van der Waals surface area contributed by atoms with Crippen LogP contribution in [0.15, 0.2) is 76.5 Å². The summed E-state index contributed by atoms with van der Waals surface area (Å²) in [4.78, 5) is 14.2. The summed E-state index contributed by atoms with van der Waals surface area (Å²) >= 11 is 0. The van der Waals surface area contributed by atoms with E-state index < -0.39 is 37.6 Å². The van der Waals surface area contributed by atoms with E-state index >= 15 is 4.39 Å². The lowest BCUT2D eigenvalue weighted by molar-refractivity contribution is -0.121. The normalized spacial score (nSPS) is 16.5. The summed E-state index contributed by atoms with van der Waals surface area (Å²) in [7, 11) is -7.66. The molecule has 3 aromatic rings. The van der Waals surface area contributed by atoms with E-state index in [0.717, 1.165) is 12.3 Å². The Labute approximate surface area is 209 Å². The van der Waals surface area contributed by atoms with Crippen LogP contribution >= 0.6 is 0 Å². The summed E-state index contributed by atoms with van der Waals surface area (Å²) in [5.41, 5.74) is 0.794. The molecule has 1 heterocycles. The van der Waals surface area contributed by atoms with Gasteiger partial charge in [-0.2, -0.15) is 9.98 Å². The highest BCUT2D eigenvalue weighted by Gasteiger charge is 2.34. The Hall–Kier alpha value is -3.59. The predicted octanol–water partition coefficient (Wildman–Crippen LogP) is 3.24. The van der Waals surface area contributed by atoms with E-state index in [1.165, 1.54) is 47.4 Å². The molecule has 0 radical (unpaired) electrons. The number of hydrogen-bond acceptors (Lipinski definition) is 6. The maximum atomic E-state index is 15.2. The van der Waals surface area contributed by atoms with Crippen LogP contribution in [0.3, 0.4) is 0 Å². The van der Waals surface area contributed by atoms with Gasteiger partial charge in [-0.1, -0.05) is 30.3 Å². The Bertz CT molecular complexity index is 1600. The van der Waals surface area contributed by atoms with E-state index in [0.29, 0.717) is 17.5 Å². The zero-order valence-corrected chi connectivity index (χ0v) is 20.8. The van der Waals surface area contributed by atoms with E-state index in [-0.39, 0.29) is 34.0 Å². The van der Waals surface area contributed by atoms with Crippen LogP contribution in [0.1, 0.15) is 18.4 Å². The van der Waals surface area contributed by atoms with Crippen LogP contribution in [0, 0.1) is 17.1 Å². The minimum absolute atomic E-state index is 0.0315. The van der Waals surface area contributed by atoms with Crippen molar-refractivity contribution in [1.29, 1.82) is 5.26 Å². The van der Waals surface area contributed by atoms with E-state index in [9.17, 15) is 21.6 Å². The maximum Gasteiger partial charge on any atom is 0.245 e. The van der Waals surface area contributed by atoms with Gasteiger partial charge in [-0.3, -0.25) is 4.79 Å². The monoisotopic (exact) mass is 527 g/mol. The quantitative estimate of drug-likeness (QED) is 0.525. The summed E-state index contributed by atoms with van der Waals surface area (Å²) in [6.07, 6.45) is 1.73. The lowest BCUT2D eigenvalue weighted by Gasteiger charge is -2.32. The third-order valence-electron chi connectivity index (χ3n) is 5.85. The van der Waals surface area contributed by atoms with Gasteiger partial charge < -0.3 is 4.90 Å². The summed E-state index contributed by atoms with van der Waals surface area (Å²) in [6.45, 7) is 0.192. The highest BCUT2D eigenvalue weighted by Crippen LogP contribution is 2.32. The first-order valence-corrected chi connectivity index (χ1v) is 14.3. The van der Waals surface area contributed by atoms with E-state index in [1.54, 1.807) is 18.2 Å². The van der Waals surface area contributed by atoms with Crippen LogP contribution < -0.4 is 9.62 Å². The van der Waals surface area contributed by atoms with Crippen molar-refractivity contribution in [3.05, 3.63) is 78.1 Å². The third-order valence-corrected chi connectivity index (χ3v) is 8.47. The number of benzene rings is 3. The van der Waals surface area contributed by atoms with E-state index in [2.05, 4.69) is 4.72 Å². The molecule has 1 aliphatic heterocycles. The van der Waals surface area contributed by atoms with Crippen molar-refractivity contribution in [2.24, 2.45) is 0 Å². The standard InChI is InChI=1S/C25H22FN3O5S2/c1-35(31,32)24-10-3-2-8-20(24)18-11-12-23(21(26)15-18)29-13-5-9-22(25(29)30)28-36(33,34)19-7-4-6-17(14-19)16-27/h2-4,6-8,10-12,14-15,22,28H,5,9,13H2,1H3. The van der Waals surface area contributed by atoms with Crippen LogP contribution in [0.2, 0.25) is 0 Å². The van der Waals surface area contributed by atoms with Gasteiger partial charge >= 0.3 is 0 Å². The van der Waals surface area contributed by atoms with Gasteiger partial charge in [-0.15, -0.1) is 0 Å². The molecule has 3 aromatic carbocycles. The number of carbonyl (C=O) groups is 1. The minimum atomic E-state index is -4.10. The van der Waals surface area contributed by atoms with Crippen molar-refractivity contribution in [3.8, 4) is 17.2 Å². The molecular formula is C25H22FN3O5S2. The molecule has 0 bridgehead atoms. The van der Waals surface area contributed by atoms with E-state index in [1.807, 2.05) is 6.07 Å². The molecule has 0 saturated carbocycles. The fourth-order valence-electron chi connectivity index (χ4n) is 4.13. The molecule has 1 saturated heterocycles. The zero-order chi connectivity index (χ0) is 26.1. The second kappa shape index (κ2) is 9.81. The second-order valence-corrected chi connectivity index (χ2v) is 12.1. The fourth-order valence-corrected chi connectivity index (χ4v) is 6.31. The number of rotatable bonds is 6. The van der Waals surface area contributed by atoms with Crippen LogP contribution in [0.25, 0.3) is 11.1 Å². The first kappa shape index (κ1) is 25.5. The molecule has 1 unspecified atom stereocenters. The molecule has 8 nitrogen and oxygen atoms in total. The first-order chi connectivity index (χ1) is 17.0. The molecule has 1 fully saturated rings. The number of sulfone groups is 1. The molecule has 1 N–H and O–H groups in total. The van der Waals surface area contributed by atoms with Gasteiger partial charge in [0.2, 0.25) is 15.9 Å². The summed E-state index contributed by atoms with van der Waals surface area (Å²) in [5, 5.41) is 9.03. The van der Waals surface area contributed by atoms with Gasteiger partial charge in [0, 0.05) is 18.4 Å². The number of nitrogens with one attached hydrogen (secondary N) is 1. The number of piperidine rings is 1. The number of nitrogens with zero attached hydrogens (tertiary/aromatic N) is 2. The van der Waals surface area contributed by atoms with Gasteiger partial charge in [0.05, 0.1) is 27.1 Å². The van der Waals surface area contributed by atoms with Crippen molar-refractivity contribution in [3.63, 3.8) is 0 Å². The van der Waals surface area contributed by atoms with Gasteiger partial charge in [0.15, 0.2) is 9.84 Å². The van der Waals surface area contributed by atoms with Gasteiger partial charge in [0.1, 0.15) is 11.9 Å². The van der Waals surface area contributed by atoms with Crippen molar-refractivity contribution >= 4 is 31.5 Å². The Morgan fingerprint density at radius 2 is 1.78 bits per heavy atom. The number of halogens is 1. The fraction of sp³-hybridized carbons (Fsp3) is 0.200. The average Bonchev–Trinajstić information content (AvgIpc) is 2.85. The molecule has 11 heteroatoms. The van der Waals surface area contributed by atoms with Crippen LogP contribution in [0.5, 0.6) is 0 Å². The number of nitriles is 1. The molecule has 0 aromatic heterocycles. The highest BCUT2D eigenvalue weighted by atomic mass is 32.2. The Balaban J connectivity index is 1.61. The molecule has 1 aliphatic rings. The number of carbonyl (C=O) groups excluding carboxylic acids is 1. The van der Waals surface area contributed by atoms with Crippen molar-refractivity contribution in [2.45, 2.75) is 28.7 Å². The zero-order valence-electron chi connectivity index (χ0n) is 19.2. The molecule has 1 atom stereocenters. The molecular weight excluding hydrogens is 505 g/mol. The number of amides is 1. The summed E-state index contributed by atoms with van der Waals surface area (Å²) in [5.74, 6) is -1.35. The number of sulfonamides is 1. The maximum absolute atomic E-state index is 15.2. The van der Waals surface area contributed by atoms with Crippen LogP contribution in [0.4, 0.5) is 10.1 Å². The van der Waals surface area contributed by atoms with Gasteiger partial charge in [-0.05, 0) is 54.8 Å². The number of anilines is 1. The van der Waals surface area contributed by atoms with Crippen molar-refractivity contribution in [1.82, 2.24) is 4.72 Å². The summed E-state index contributed by atoms with van der Waals surface area (Å²) < 4.78 is 67.5. The van der Waals surface area contributed by atoms with Crippen LogP contribution in [-0.2, 0) is 24.7 Å². The SMILES string of the molecule is CS(=O)(=O)c1ccccc1-c1ccc(N2CCCC(NS(=O)(=O)c3cccc(C#N)c3)C2=O)c(F)c1. The molecule has 186 valence electrons. The van der Waals surface area contributed by atoms with E-state index in [4.69, 9.17) is 5.26 Å². The van der Waals surface area contributed by atoms with Gasteiger partial charge in [-0.25, -0.2) is 21.2 Å². The smallest absolute Gasteiger partial charge is 0.245 e. The average molecular weight is 528 g/mol. The predicted molar refractivity (Wildman–Crippen MR) is 132 cm³/mol. The largest absolute Gasteiger partial charge is 0.308 e. The molecule has 4 rings (SSSR count). The van der Waals surface area contributed by atoms with Gasteiger partial charge in [0.25, 0.3) is 0 Å². The molecule has 0 aliphatic carbocycles. The Morgan fingerprint density at radius 3 is 2.47 bits per heavy atom. The second-order valence-electron chi connectivity index (χ2n) is 8.38. The van der Waals surface area contributed by atoms with Crippen molar-refractivity contribution < 1.29 is 26.0 Å². The number of hydrogen-bond donors (Lipinski definition) is 1. The Kier molecular flexibility index (Phi) is 6.95. The topological polar surface area (TPSA) is 124 Å². The highest BCUT2D eigenvalue weighted by molar-refractivity contribution is 7.91. The first-order valence-electron chi connectivity index (χ1n) is 10.9. The molecule has 1 amide bonds. The lowest BCUT2D eigenvalue weighted by Crippen LogP contribution is -2.52. The lowest BCUT2D eigenvalue weighted by atomic mass is 10.0. The van der Waals surface area contributed by atoms with Crippen molar-refractivity contribution in [2.75, 3.05) is 17.7 Å².